The minimum Gasteiger partial charge on any atom is -0.355 e. The second-order valence-electron chi connectivity index (χ2n) is 6.17. The molecule has 1 aromatic heterocycles. The van der Waals surface area contributed by atoms with Crippen LogP contribution in [0.1, 0.15) is 48.2 Å². The maximum atomic E-state index is 12.9. The summed E-state index contributed by atoms with van der Waals surface area (Å²) < 4.78 is 38.6. The number of anilines is 2. The highest BCUT2D eigenvalue weighted by Gasteiger charge is 2.30. The normalized spacial score (nSPS) is 17.7. The molecular formula is C18H19F3N2. The summed E-state index contributed by atoms with van der Waals surface area (Å²) in [6, 6.07) is 7.23. The summed E-state index contributed by atoms with van der Waals surface area (Å²) in [7, 11) is 0. The number of nitrogens with one attached hydrogen (secondary N) is 1. The van der Waals surface area contributed by atoms with Crippen molar-refractivity contribution in [3.8, 4) is 0 Å². The average molecular weight is 320 g/mol. The Bertz CT molecular complexity index is 723. The van der Waals surface area contributed by atoms with Crippen LogP contribution in [0.5, 0.6) is 0 Å². The molecule has 0 saturated carbocycles. The zero-order valence-corrected chi connectivity index (χ0v) is 13.2. The summed E-state index contributed by atoms with van der Waals surface area (Å²) in [6.45, 7) is 4.07. The fourth-order valence-electron chi connectivity index (χ4n) is 3.16. The van der Waals surface area contributed by atoms with Crippen LogP contribution in [0.4, 0.5) is 24.5 Å². The molecular weight excluding hydrogens is 301 g/mol. The van der Waals surface area contributed by atoms with Crippen molar-refractivity contribution < 1.29 is 13.2 Å². The molecule has 1 heterocycles. The monoisotopic (exact) mass is 320 g/mol. The van der Waals surface area contributed by atoms with E-state index in [1.807, 2.05) is 13.0 Å². The van der Waals surface area contributed by atoms with Crippen LogP contribution in [-0.4, -0.2) is 4.98 Å². The summed E-state index contributed by atoms with van der Waals surface area (Å²) in [5.41, 5.74) is 3.77. The number of hydrogen-bond acceptors (Lipinski definition) is 2. The maximum Gasteiger partial charge on any atom is 0.416 e. The molecule has 1 aliphatic carbocycles. The Labute approximate surface area is 133 Å². The third kappa shape index (κ3) is 3.33. The fraction of sp³-hybridized carbons (Fsp3) is 0.389. The van der Waals surface area contributed by atoms with E-state index in [0.29, 0.717) is 11.6 Å². The molecule has 0 amide bonds. The molecule has 3 rings (SSSR count). The van der Waals surface area contributed by atoms with Gasteiger partial charge in [-0.3, -0.25) is 4.98 Å². The van der Waals surface area contributed by atoms with Crippen LogP contribution in [0.2, 0.25) is 0 Å². The van der Waals surface area contributed by atoms with Gasteiger partial charge in [0.25, 0.3) is 0 Å². The minimum atomic E-state index is -4.33. The highest BCUT2D eigenvalue weighted by molar-refractivity contribution is 5.65. The molecule has 2 nitrogen and oxygen atoms in total. The number of rotatable bonds is 2. The van der Waals surface area contributed by atoms with Gasteiger partial charge in [-0.1, -0.05) is 13.0 Å². The first kappa shape index (κ1) is 15.8. The van der Waals surface area contributed by atoms with Crippen molar-refractivity contribution in [1.82, 2.24) is 4.98 Å². The van der Waals surface area contributed by atoms with Gasteiger partial charge in [-0.25, -0.2) is 0 Å². The minimum absolute atomic E-state index is 0.390. The number of hydrogen-bond donors (Lipinski definition) is 1. The van der Waals surface area contributed by atoms with Crippen molar-refractivity contribution >= 4 is 11.4 Å². The second-order valence-corrected chi connectivity index (χ2v) is 6.17. The molecule has 1 unspecified atom stereocenters. The van der Waals surface area contributed by atoms with E-state index < -0.39 is 11.7 Å². The van der Waals surface area contributed by atoms with Crippen molar-refractivity contribution in [2.75, 3.05) is 5.32 Å². The van der Waals surface area contributed by atoms with E-state index in [9.17, 15) is 13.2 Å². The Morgan fingerprint density at radius 1 is 1.22 bits per heavy atom. The lowest BCUT2D eigenvalue weighted by Crippen LogP contribution is -2.13. The van der Waals surface area contributed by atoms with Crippen LogP contribution in [0.3, 0.4) is 0 Å². The molecule has 0 fully saturated rings. The van der Waals surface area contributed by atoms with E-state index in [-0.39, 0.29) is 0 Å². The van der Waals surface area contributed by atoms with Crippen LogP contribution >= 0.6 is 0 Å². The van der Waals surface area contributed by atoms with Gasteiger partial charge in [-0.15, -0.1) is 0 Å². The largest absolute Gasteiger partial charge is 0.416 e. The van der Waals surface area contributed by atoms with Crippen LogP contribution in [0, 0.1) is 6.92 Å². The van der Waals surface area contributed by atoms with Gasteiger partial charge in [-0.2, -0.15) is 13.2 Å². The molecule has 1 aromatic carbocycles. The molecule has 2 aromatic rings. The fourth-order valence-corrected chi connectivity index (χ4v) is 3.16. The standard InChI is InChI=1S/C18H19F3N2/c1-11-5-3-8-15-16(9-12(2)22-17(11)15)23-14-7-4-6-13(10-14)18(19,20)21/h4,6-7,9-11H,3,5,8H2,1-2H3,(H,22,23). The van der Waals surface area contributed by atoms with Crippen LogP contribution in [0.25, 0.3) is 0 Å². The van der Waals surface area contributed by atoms with Gasteiger partial charge in [0.05, 0.1) is 5.56 Å². The molecule has 0 saturated heterocycles. The molecule has 122 valence electrons. The SMILES string of the molecule is Cc1cc(Nc2cccc(C(F)(F)F)c2)c2c(n1)C(C)CCC2. The summed E-state index contributed by atoms with van der Waals surface area (Å²) in [5.74, 6) is 0.390. The van der Waals surface area contributed by atoms with Crippen molar-refractivity contribution in [1.29, 1.82) is 0 Å². The molecule has 0 radical (unpaired) electrons. The zero-order valence-electron chi connectivity index (χ0n) is 13.2. The number of alkyl halides is 3. The molecule has 0 bridgehead atoms. The van der Waals surface area contributed by atoms with Crippen molar-refractivity contribution in [3.63, 3.8) is 0 Å². The predicted molar refractivity (Wildman–Crippen MR) is 85.1 cm³/mol. The van der Waals surface area contributed by atoms with Gasteiger partial charge in [0.2, 0.25) is 0 Å². The first-order valence-electron chi connectivity index (χ1n) is 7.79. The van der Waals surface area contributed by atoms with E-state index in [2.05, 4.69) is 17.2 Å². The first-order valence-corrected chi connectivity index (χ1v) is 7.79. The summed E-state index contributed by atoms with van der Waals surface area (Å²) in [5, 5.41) is 3.17. The van der Waals surface area contributed by atoms with Crippen molar-refractivity contribution in [3.05, 3.63) is 52.8 Å². The van der Waals surface area contributed by atoms with Gasteiger partial charge >= 0.3 is 6.18 Å². The van der Waals surface area contributed by atoms with E-state index >= 15 is 0 Å². The first-order chi connectivity index (χ1) is 10.8. The Hall–Kier alpha value is -2.04. The highest BCUT2D eigenvalue weighted by atomic mass is 19.4. The molecule has 1 aliphatic rings. The van der Waals surface area contributed by atoms with E-state index in [0.717, 1.165) is 54.0 Å². The smallest absolute Gasteiger partial charge is 0.355 e. The van der Waals surface area contributed by atoms with E-state index in [1.165, 1.54) is 6.07 Å². The Kier molecular flexibility index (Phi) is 4.04. The molecule has 1 atom stereocenters. The van der Waals surface area contributed by atoms with Crippen LogP contribution in [-0.2, 0) is 12.6 Å². The third-order valence-electron chi connectivity index (χ3n) is 4.28. The van der Waals surface area contributed by atoms with Gasteiger partial charge in [0, 0.05) is 22.8 Å². The maximum absolute atomic E-state index is 12.9. The second kappa shape index (κ2) is 5.87. The third-order valence-corrected chi connectivity index (χ3v) is 4.28. The number of aryl methyl sites for hydroxylation is 1. The quantitative estimate of drug-likeness (QED) is 0.780. The molecule has 23 heavy (non-hydrogen) atoms. The zero-order chi connectivity index (χ0) is 16.6. The van der Waals surface area contributed by atoms with Crippen molar-refractivity contribution in [2.24, 2.45) is 0 Å². The van der Waals surface area contributed by atoms with Crippen LogP contribution < -0.4 is 5.32 Å². The van der Waals surface area contributed by atoms with E-state index in [4.69, 9.17) is 0 Å². The van der Waals surface area contributed by atoms with Gasteiger partial charge in [0.1, 0.15) is 0 Å². The van der Waals surface area contributed by atoms with E-state index in [1.54, 1.807) is 6.07 Å². The lowest BCUT2D eigenvalue weighted by atomic mass is 9.86. The highest BCUT2D eigenvalue weighted by Crippen LogP contribution is 2.36. The lowest BCUT2D eigenvalue weighted by Gasteiger charge is -2.25. The molecule has 1 N–H and O–H groups in total. The van der Waals surface area contributed by atoms with Gasteiger partial charge in [0.15, 0.2) is 0 Å². The molecule has 0 spiro atoms. The average Bonchev–Trinajstić information content (AvgIpc) is 2.48. The molecule has 0 aliphatic heterocycles. The topological polar surface area (TPSA) is 24.9 Å². The number of halogens is 3. The van der Waals surface area contributed by atoms with Crippen molar-refractivity contribution in [2.45, 2.75) is 45.2 Å². The number of aromatic nitrogens is 1. The van der Waals surface area contributed by atoms with Crippen LogP contribution in [0.15, 0.2) is 30.3 Å². The number of fused-ring (bicyclic) bond motifs is 1. The Morgan fingerprint density at radius 3 is 2.74 bits per heavy atom. The summed E-state index contributed by atoms with van der Waals surface area (Å²) in [6.07, 6.45) is -1.24. The Morgan fingerprint density at radius 2 is 2.00 bits per heavy atom. The number of benzene rings is 1. The number of pyridine rings is 1. The summed E-state index contributed by atoms with van der Waals surface area (Å²) >= 11 is 0. The van der Waals surface area contributed by atoms with Gasteiger partial charge in [-0.05, 0) is 61.9 Å². The number of nitrogens with zero attached hydrogens (tertiary/aromatic N) is 1. The van der Waals surface area contributed by atoms with Gasteiger partial charge < -0.3 is 5.32 Å². The lowest BCUT2D eigenvalue weighted by molar-refractivity contribution is -0.137. The Balaban J connectivity index is 1.98. The predicted octanol–water partition coefficient (Wildman–Crippen LogP) is 5.59. The molecule has 5 heteroatoms. The summed E-state index contributed by atoms with van der Waals surface area (Å²) in [4.78, 5) is 4.63.